The molecule has 0 rings (SSSR count). The molecule has 194 valence electrons. The average Bonchev–Trinajstić information content (AvgIpc) is 2.81. The number of carbonyl (C=O) groups excluding carboxylic acids is 2. The van der Waals surface area contributed by atoms with Crippen LogP contribution in [0, 0.1) is 0 Å². The Morgan fingerprint density at radius 3 is 1.70 bits per heavy atom. The van der Waals surface area contributed by atoms with Crippen molar-refractivity contribution in [1.82, 2.24) is 0 Å². The molecule has 0 aromatic carbocycles. The molecule has 33 heavy (non-hydrogen) atoms. The van der Waals surface area contributed by atoms with Crippen molar-refractivity contribution in [2.24, 2.45) is 5.73 Å². The van der Waals surface area contributed by atoms with Crippen LogP contribution in [0.3, 0.4) is 0 Å². The van der Waals surface area contributed by atoms with E-state index in [1.54, 1.807) is 0 Å². The molecule has 0 aliphatic carbocycles. The highest BCUT2D eigenvalue weighted by Gasteiger charge is 2.17. The lowest BCUT2D eigenvalue weighted by atomic mass is 10.1. The van der Waals surface area contributed by atoms with Crippen molar-refractivity contribution in [2.45, 2.75) is 129 Å². The topological polar surface area (TPSA) is 105 Å². The summed E-state index contributed by atoms with van der Waals surface area (Å²) in [5.74, 6) is -0.638. The van der Waals surface area contributed by atoms with Crippen molar-refractivity contribution >= 4 is 20.6 Å². The summed E-state index contributed by atoms with van der Waals surface area (Å²) in [6.45, 7) is 2.84. The van der Waals surface area contributed by atoms with Crippen LogP contribution in [0.25, 0.3) is 0 Å². The molecule has 0 aromatic heterocycles. The van der Waals surface area contributed by atoms with Crippen LogP contribution in [0.5, 0.6) is 0 Å². The van der Waals surface area contributed by atoms with E-state index >= 15 is 0 Å². The molecule has 0 aliphatic heterocycles. The average molecular weight is 490 g/mol. The van der Waals surface area contributed by atoms with E-state index in [1.807, 2.05) is 0 Å². The fourth-order valence-corrected chi connectivity index (χ4v) is 3.84. The summed E-state index contributed by atoms with van der Waals surface area (Å²) >= 11 is 0. The van der Waals surface area contributed by atoms with Gasteiger partial charge >= 0.3 is 20.6 Å². The SMILES string of the molecule is CCCCCCCCCCC(=O)O[C@@H](COP=O)COC(=O)CCCCCCCCCCN. The van der Waals surface area contributed by atoms with Gasteiger partial charge in [0, 0.05) is 12.8 Å². The van der Waals surface area contributed by atoms with Gasteiger partial charge in [0.15, 0.2) is 6.10 Å². The van der Waals surface area contributed by atoms with Gasteiger partial charge in [0.25, 0.3) is 0 Å². The van der Waals surface area contributed by atoms with Gasteiger partial charge in [-0.05, 0) is 25.8 Å². The molecule has 0 aliphatic rings. The summed E-state index contributed by atoms with van der Waals surface area (Å²) in [5, 5.41) is 0. The molecular formula is C25H48NO6P. The lowest BCUT2D eigenvalue weighted by Crippen LogP contribution is -2.28. The third kappa shape index (κ3) is 23.9. The van der Waals surface area contributed by atoms with Gasteiger partial charge in [-0.3, -0.25) is 14.1 Å². The second-order valence-electron chi connectivity index (χ2n) is 8.76. The Balaban J connectivity index is 3.87. The Bertz CT molecular complexity index is 478. The van der Waals surface area contributed by atoms with Crippen LogP contribution in [0.4, 0.5) is 0 Å². The zero-order valence-corrected chi connectivity index (χ0v) is 21.8. The van der Waals surface area contributed by atoms with Gasteiger partial charge in [-0.2, -0.15) is 0 Å². The van der Waals surface area contributed by atoms with Gasteiger partial charge in [0.05, 0.1) is 0 Å². The zero-order chi connectivity index (χ0) is 24.4. The van der Waals surface area contributed by atoms with Crippen molar-refractivity contribution in [3.05, 3.63) is 0 Å². The minimum absolute atomic E-state index is 0.0638. The smallest absolute Gasteiger partial charge is 0.327 e. The first kappa shape index (κ1) is 32.0. The molecule has 0 saturated carbocycles. The third-order valence-electron chi connectivity index (χ3n) is 5.61. The lowest BCUT2D eigenvalue weighted by molar-refractivity contribution is -0.160. The minimum Gasteiger partial charge on any atom is -0.462 e. The highest BCUT2D eigenvalue weighted by molar-refractivity contribution is 7.17. The third-order valence-corrected chi connectivity index (χ3v) is 5.87. The van der Waals surface area contributed by atoms with E-state index < -0.39 is 14.8 Å². The number of unbranched alkanes of at least 4 members (excludes halogenated alkanes) is 14. The predicted molar refractivity (Wildman–Crippen MR) is 132 cm³/mol. The molecule has 8 heteroatoms. The van der Waals surface area contributed by atoms with Gasteiger partial charge in [0.2, 0.25) is 0 Å². The molecule has 0 bridgehead atoms. The van der Waals surface area contributed by atoms with E-state index in [1.165, 1.54) is 57.8 Å². The molecule has 0 heterocycles. The number of rotatable bonds is 25. The number of esters is 2. The summed E-state index contributed by atoms with van der Waals surface area (Å²) < 4.78 is 26.0. The standard InChI is InChI=1S/C25H48NO6P/c1-2-3-4-5-6-9-13-16-19-25(28)32-23(22-31-33-29)21-30-24(27)18-15-12-10-7-8-11-14-17-20-26/h23H,2-22,26H2,1H3/t23-/m1/s1. The Hall–Kier alpha value is -1.04. The largest absolute Gasteiger partial charge is 0.462 e. The first-order chi connectivity index (χ1) is 16.1. The molecule has 0 amide bonds. The molecule has 2 N–H and O–H groups in total. The van der Waals surface area contributed by atoms with Crippen molar-refractivity contribution in [1.29, 1.82) is 0 Å². The number of ether oxygens (including phenoxy) is 2. The molecule has 0 unspecified atom stereocenters. The first-order valence-electron chi connectivity index (χ1n) is 13.1. The normalized spacial score (nSPS) is 12.1. The molecule has 1 atom stereocenters. The van der Waals surface area contributed by atoms with Crippen LogP contribution in [0.2, 0.25) is 0 Å². The van der Waals surface area contributed by atoms with E-state index in [0.29, 0.717) is 12.8 Å². The van der Waals surface area contributed by atoms with Gasteiger partial charge in [-0.25, -0.2) is 4.57 Å². The van der Waals surface area contributed by atoms with Crippen molar-refractivity contribution in [3.8, 4) is 0 Å². The van der Waals surface area contributed by atoms with Gasteiger partial charge in [0.1, 0.15) is 13.2 Å². The Kier molecular flexibility index (Phi) is 24.8. The van der Waals surface area contributed by atoms with Crippen LogP contribution >= 0.6 is 8.69 Å². The monoisotopic (exact) mass is 489 g/mol. The molecule has 0 radical (unpaired) electrons. The summed E-state index contributed by atoms with van der Waals surface area (Å²) in [6, 6.07) is 0. The quantitative estimate of drug-likeness (QED) is 0.0867. The lowest BCUT2D eigenvalue weighted by Gasteiger charge is -2.16. The Labute approximate surface area is 203 Å². The summed E-state index contributed by atoms with van der Waals surface area (Å²) in [7, 11) is -0.490. The van der Waals surface area contributed by atoms with E-state index in [9.17, 15) is 14.2 Å². The van der Waals surface area contributed by atoms with Gasteiger partial charge in [-0.1, -0.05) is 90.4 Å². The van der Waals surface area contributed by atoms with E-state index in [4.69, 9.17) is 19.7 Å². The highest BCUT2D eigenvalue weighted by Crippen LogP contribution is 2.12. The Morgan fingerprint density at radius 1 is 0.697 bits per heavy atom. The van der Waals surface area contributed by atoms with Gasteiger partial charge in [-0.15, -0.1) is 0 Å². The van der Waals surface area contributed by atoms with Crippen molar-refractivity contribution < 1.29 is 28.2 Å². The van der Waals surface area contributed by atoms with E-state index in [-0.39, 0.29) is 25.2 Å². The minimum atomic E-state index is -0.731. The van der Waals surface area contributed by atoms with Crippen LogP contribution in [0.15, 0.2) is 0 Å². The van der Waals surface area contributed by atoms with Gasteiger partial charge < -0.3 is 15.2 Å². The molecule has 0 fully saturated rings. The molecular weight excluding hydrogens is 441 g/mol. The molecule has 0 aromatic rings. The first-order valence-corrected chi connectivity index (χ1v) is 13.9. The number of nitrogens with two attached hydrogens (primary N) is 1. The second kappa shape index (κ2) is 25.6. The fraction of sp³-hybridized carbons (Fsp3) is 0.920. The van der Waals surface area contributed by atoms with E-state index in [0.717, 1.165) is 51.5 Å². The van der Waals surface area contributed by atoms with Crippen molar-refractivity contribution in [2.75, 3.05) is 19.8 Å². The maximum absolute atomic E-state index is 12.1. The van der Waals surface area contributed by atoms with Crippen LogP contribution < -0.4 is 5.73 Å². The highest BCUT2D eigenvalue weighted by atomic mass is 31.1. The zero-order valence-electron chi connectivity index (χ0n) is 20.9. The van der Waals surface area contributed by atoms with Crippen LogP contribution in [-0.4, -0.2) is 37.8 Å². The summed E-state index contributed by atoms with van der Waals surface area (Å²) in [4.78, 5) is 24.1. The number of carbonyl (C=O) groups is 2. The maximum atomic E-state index is 12.1. The summed E-state index contributed by atoms with van der Waals surface area (Å²) in [5.41, 5.74) is 5.48. The fourth-order valence-electron chi connectivity index (χ4n) is 3.61. The van der Waals surface area contributed by atoms with Crippen molar-refractivity contribution in [3.63, 3.8) is 0 Å². The molecule has 7 nitrogen and oxygen atoms in total. The number of hydrogen-bond donors (Lipinski definition) is 1. The Morgan fingerprint density at radius 2 is 1.18 bits per heavy atom. The maximum Gasteiger partial charge on any atom is 0.327 e. The second-order valence-corrected chi connectivity index (χ2v) is 9.16. The molecule has 0 saturated heterocycles. The molecule has 0 spiro atoms. The van der Waals surface area contributed by atoms with E-state index in [2.05, 4.69) is 6.92 Å². The number of hydrogen-bond acceptors (Lipinski definition) is 7. The van der Waals surface area contributed by atoms with Crippen LogP contribution in [0.1, 0.15) is 122 Å². The predicted octanol–water partition coefficient (Wildman–Crippen LogP) is 6.67. The summed E-state index contributed by atoms with van der Waals surface area (Å²) in [6.07, 6.45) is 18.0. The van der Waals surface area contributed by atoms with Crippen LogP contribution in [-0.2, 0) is 28.2 Å².